The first kappa shape index (κ1) is 16.8. The van der Waals surface area contributed by atoms with Gasteiger partial charge in [-0.1, -0.05) is 31.5 Å². The molecule has 1 aromatic carbocycles. The Morgan fingerprint density at radius 3 is 2.50 bits per heavy atom. The van der Waals surface area contributed by atoms with E-state index in [-0.39, 0.29) is 18.6 Å². The van der Waals surface area contributed by atoms with Crippen LogP contribution in [-0.2, 0) is 4.79 Å². The summed E-state index contributed by atoms with van der Waals surface area (Å²) in [4.78, 5) is 11.7. The average Bonchev–Trinajstić information content (AvgIpc) is 2.36. The molecule has 2 atom stereocenters. The molecule has 0 aromatic heterocycles. The lowest BCUT2D eigenvalue weighted by molar-refractivity contribution is -0.124. The topological polar surface area (TPSA) is 58.6 Å². The molecule has 0 spiro atoms. The quantitative estimate of drug-likeness (QED) is 0.849. The van der Waals surface area contributed by atoms with Gasteiger partial charge in [0.1, 0.15) is 5.75 Å². The van der Waals surface area contributed by atoms with Crippen LogP contribution in [-0.4, -0.2) is 23.7 Å². The van der Waals surface area contributed by atoms with E-state index >= 15 is 0 Å². The van der Waals surface area contributed by atoms with Crippen molar-refractivity contribution in [2.75, 3.05) is 6.61 Å². The number of carbonyl (C=O) groups is 1. The van der Waals surface area contributed by atoms with Crippen molar-refractivity contribution in [1.29, 1.82) is 0 Å². The van der Waals surface area contributed by atoms with Crippen molar-refractivity contribution in [3.05, 3.63) is 28.8 Å². The van der Waals surface area contributed by atoms with Crippen LogP contribution in [0.3, 0.4) is 0 Å². The van der Waals surface area contributed by atoms with E-state index in [2.05, 4.69) is 5.32 Å². The van der Waals surface area contributed by atoms with Crippen molar-refractivity contribution in [3.63, 3.8) is 0 Å². The van der Waals surface area contributed by atoms with Crippen LogP contribution < -0.4 is 10.1 Å². The third-order valence-corrected chi connectivity index (χ3v) is 3.48. The van der Waals surface area contributed by atoms with E-state index in [4.69, 9.17) is 16.3 Å². The molecule has 20 heavy (non-hydrogen) atoms. The Morgan fingerprint density at radius 2 is 2.00 bits per heavy atom. The zero-order valence-corrected chi connectivity index (χ0v) is 13.1. The van der Waals surface area contributed by atoms with Crippen molar-refractivity contribution in [2.45, 2.75) is 39.8 Å². The summed E-state index contributed by atoms with van der Waals surface area (Å²) < 4.78 is 5.39. The molecule has 112 valence electrons. The SMILES string of the molecule is CC(O)c1ccc(OCC(=O)NC(C)C(C)C)c(Cl)c1. The summed E-state index contributed by atoms with van der Waals surface area (Å²) in [5.41, 5.74) is 0.709. The van der Waals surface area contributed by atoms with Crippen LogP contribution in [0.4, 0.5) is 0 Å². The third kappa shape index (κ3) is 5.02. The molecule has 5 heteroatoms. The van der Waals surface area contributed by atoms with E-state index in [1.165, 1.54) is 0 Å². The van der Waals surface area contributed by atoms with Gasteiger partial charge in [-0.3, -0.25) is 4.79 Å². The van der Waals surface area contributed by atoms with Crippen molar-refractivity contribution >= 4 is 17.5 Å². The highest BCUT2D eigenvalue weighted by Gasteiger charge is 2.12. The fourth-order valence-corrected chi connectivity index (χ4v) is 1.74. The minimum Gasteiger partial charge on any atom is -0.482 e. The Kier molecular flexibility index (Phi) is 6.30. The van der Waals surface area contributed by atoms with E-state index in [0.717, 1.165) is 0 Å². The molecule has 0 heterocycles. The van der Waals surface area contributed by atoms with E-state index in [1.807, 2.05) is 20.8 Å². The number of benzene rings is 1. The molecular formula is C15H22ClNO3. The van der Waals surface area contributed by atoms with Gasteiger partial charge < -0.3 is 15.2 Å². The number of nitrogens with one attached hydrogen (secondary N) is 1. The first-order chi connectivity index (χ1) is 9.31. The van der Waals surface area contributed by atoms with Gasteiger partial charge in [0.2, 0.25) is 0 Å². The Balaban J connectivity index is 2.56. The smallest absolute Gasteiger partial charge is 0.258 e. The highest BCUT2D eigenvalue weighted by atomic mass is 35.5. The average molecular weight is 300 g/mol. The zero-order chi connectivity index (χ0) is 15.3. The molecule has 0 fully saturated rings. The molecule has 0 bridgehead atoms. The van der Waals surface area contributed by atoms with Crippen molar-refractivity contribution in [3.8, 4) is 5.75 Å². The summed E-state index contributed by atoms with van der Waals surface area (Å²) in [6.07, 6.45) is -0.586. The molecule has 2 unspecified atom stereocenters. The summed E-state index contributed by atoms with van der Waals surface area (Å²) in [5.74, 6) is 0.623. The Morgan fingerprint density at radius 1 is 1.35 bits per heavy atom. The van der Waals surface area contributed by atoms with Crippen molar-refractivity contribution < 1.29 is 14.6 Å². The highest BCUT2D eigenvalue weighted by molar-refractivity contribution is 6.32. The third-order valence-electron chi connectivity index (χ3n) is 3.19. The normalized spacial score (nSPS) is 13.9. The standard InChI is InChI=1S/C15H22ClNO3/c1-9(2)10(3)17-15(19)8-20-14-6-5-12(11(4)18)7-13(14)16/h5-7,9-11,18H,8H2,1-4H3,(H,17,19). The van der Waals surface area contributed by atoms with Gasteiger partial charge in [0.05, 0.1) is 11.1 Å². The molecule has 0 saturated carbocycles. The number of hydrogen-bond acceptors (Lipinski definition) is 3. The maximum atomic E-state index is 11.7. The molecule has 0 aliphatic heterocycles. The summed E-state index contributed by atoms with van der Waals surface area (Å²) in [7, 11) is 0. The monoisotopic (exact) mass is 299 g/mol. The van der Waals surface area contributed by atoms with Crippen molar-refractivity contribution in [2.24, 2.45) is 5.92 Å². The lowest BCUT2D eigenvalue weighted by atomic mass is 10.1. The van der Waals surface area contributed by atoms with Gasteiger partial charge in [-0.2, -0.15) is 0 Å². The zero-order valence-electron chi connectivity index (χ0n) is 12.3. The fraction of sp³-hybridized carbons (Fsp3) is 0.533. The number of hydrogen-bond donors (Lipinski definition) is 2. The maximum absolute atomic E-state index is 11.7. The second-order valence-corrected chi connectivity index (χ2v) is 5.66. The summed E-state index contributed by atoms with van der Waals surface area (Å²) in [6, 6.07) is 5.11. The van der Waals surface area contributed by atoms with Crippen LogP contribution >= 0.6 is 11.6 Å². The lowest BCUT2D eigenvalue weighted by Crippen LogP contribution is -2.38. The highest BCUT2D eigenvalue weighted by Crippen LogP contribution is 2.27. The number of carbonyl (C=O) groups excluding carboxylic acids is 1. The molecule has 2 N–H and O–H groups in total. The molecule has 0 radical (unpaired) electrons. The number of amides is 1. The van der Waals surface area contributed by atoms with Gasteiger partial charge in [0.15, 0.2) is 6.61 Å². The number of halogens is 1. The largest absolute Gasteiger partial charge is 0.482 e. The molecule has 1 aromatic rings. The van der Waals surface area contributed by atoms with Crippen LogP contribution in [0.15, 0.2) is 18.2 Å². The molecular weight excluding hydrogens is 278 g/mol. The van der Waals surface area contributed by atoms with Crippen molar-refractivity contribution in [1.82, 2.24) is 5.32 Å². The van der Waals surface area contributed by atoms with Gasteiger partial charge in [-0.25, -0.2) is 0 Å². The first-order valence-corrected chi connectivity index (χ1v) is 7.08. The van der Waals surface area contributed by atoms with E-state index in [1.54, 1.807) is 25.1 Å². The molecule has 0 aliphatic carbocycles. The van der Waals surface area contributed by atoms with Crippen LogP contribution in [0.25, 0.3) is 0 Å². The number of ether oxygens (including phenoxy) is 1. The molecule has 0 saturated heterocycles. The van der Waals surface area contributed by atoms with E-state index < -0.39 is 6.10 Å². The van der Waals surface area contributed by atoms with Crippen LogP contribution in [0, 0.1) is 5.92 Å². The second-order valence-electron chi connectivity index (χ2n) is 5.25. The summed E-state index contributed by atoms with van der Waals surface area (Å²) in [5, 5.41) is 12.7. The summed E-state index contributed by atoms with van der Waals surface area (Å²) >= 11 is 6.05. The van der Waals surface area contributed by atoms with Gasteiger partial charge in [-0.05, 0) is 37.5 Å². The Bertz CT molecular complexity index is 460. The van der Waals surface area contributed by atoms with Gasteiger partial charge in [0.25, 0.3) is 5.91 Å². The summed E-state index contributed by atoms with van der Waals surface area (Å²) in [6.45, 7) is 7.61. The minimum absolute atomic E-state index is 0.0786. The molecule has 1 rings (SSSR count). The second kappa shape index (κ2) is 7.50. The predicted molar refractivity (Wildman–Crippen MR) is 80.0 cm³/mol. The number of aliphatic hydroxyl groups is 1. The van der Waals surface area contributed by atoms with Gasteiger partial charge in [-0.15, -0.1) is 0 Å². The maximum Gasteiger partial charge on any atom is 0.258 e. The van der Waals surface area contributed by atoms with Crippen LogP contribution in [0.5, 0.6) is 5.75 Å². The first-order valence-electron chi connectivity index (χ1n) is 6.71. The number of rotatable bonds is 6. The predicted octanol–water partition coefficient (Wildman–Crippen LogP) is 2.93. The Hall–Kier alpha value is -1.26. The lowest BCUT2D eigenvalue weighted by Gasteiger charge is -2.17. The van der Waals surface area contributed by atoms with E-state index in [9.17, 15) is 9.90 Å². The molecule has 1 amide bonds. The van der Waals surface area contributed by atoms with Gasteiger partial charge in [0, 0.05) is 6.04 Å². The number of aliphatic hydroxyl groups excluding tert-OH is 1. The fourth-order valence-electron chi connectivity index (χ4n) is 1.50. The Labute approximate surface area is 125 Å². The molecule has 0 aliphatic rings. The molecule has 4 nitrogen and oxygen atoms in total. The minimum atomic E-state index is -0.586. The van der Waals surface area contributed by atoms with Gasteiger partial charge >= 0.3 is 0 Å². The van der Waals surface area contributed by atoms with Crippen LogP contribution in [0.1, 0.15) is 39.4 Å². The van der Waals surface area contributed by atoms with Crippen LogP contribution in [0.2, 0.25) is 5.02 Å². The van der Waals surface area contributed by atoms with E-state index in [0.29, 0.717) is 22.3 Å².